The van der Waals surface area contributed by atoms with Gasteiger partial charge in [0.1, 0.15) is 0 Å². The number of aliphatic hydroxyl groups excluding tert-OH is 1. The van der Waals surface area contributed by atoms with Gasteiger partial charge < -0.3 is 5.11 Å². The number of rotatable bonds is 0. The van der Waals surface area contributed by atoms with Crippen LogP contribution in [0.3, 0.4) is 0 Å². The molecule has 5 aliphatic carbocycles. The van der Waals surface area contributed by atoms with Crippen LogP contribution in [0.25, 0.3) is 0 Å². The fourth-order valence-electron chi connectivity index (χ4n) is 7.28. The quantitative estimate of drug-likeness (QED) is 0.614. The van der Waals surface area contributed by atoms with Crippen LogP contribution in [0.1, 0.15) is 72.1 Å². The second kappa shape index (κ2) is 6.60. The van der Waals surface area contributed by atoms with Crippen molar-refractivity contribution in [2.45, 2.75) is 72.1 Å². The molecule has 21 heavy (non-hydrogen) atoms. The first-order valence-electron chi connectivity index (χ1n) is 9.87. The third-order valence-corrected chi connectivity index (χ3v) is 7.30. The zero-order valence-electron chi connectivity index (χ0n) is 14.4. The van der Waals surface area contributed by atoms with Crippen LogP contribution in [-0.4, -0.2) is 11.7 Å². The van der Waals surface area contributed by atoms with Crippen LogP contribution in [0.15, 0.2) is 0 Å². The Bertz CT molecular complexity index is 309. The average molecular weight is 293 g/mol. The van der Waals surface area contributed by atoms with Crippen LogP contribution in [0, 0.1) is 47.3 Å². The molecule has 0 radical (unpaired) electrons. The molecule has 1 heteroatoms. The molecule has 1 nitrogen and oxygen atoms in total. The molecule has 8 unspecified atom stereocenters. The van der Waals surface area contributed by atoms with Crippen LogP contribution in [0.4, 0.5) is 0 Å². The van der Waals surface area contributed by atoms with Gasteiger partial charge in [-0.3, -0.25) is 0 Å². The maximum absolute atomic E-state index is 7.57. The second-order valence-electron chi connectivity index (χ2n) is 8.33. The Morgan fingerprint density at radius 2 is 1.14 bits per heavy atom. The zero-order valence-corrected chi connectivity index (χ0v) is 14.4. The van der Waals surface area contributed by atoms with Crippen molar-refractivity contribution in [3.05, 3.63) is 0 Å². The van der Waals surface area contributed by atoms with Crippen LogP contribution < -0.4 is 0 Å². The van der Waals surface area contributed by atoms with Crippen LogP contribution in [-0.2, 0) is 0 Å². The lowest BCUT2D eigenvalue weighted by atomic mass is 9.64. The number of hydrogen-bond acceptors (Lipinski definition) is 1. The van der Waals surface area contributed by atoms with E-state index in [2.05, 4.69) is 13.8 Å². The third-order valence-electron chi connectivity index (χ3n) is 7.30. The van der Waals surface area contributed by atoms with E-state index in [4.69, 9.17) is 5.11 Å². The SMILES string of the molecule is C1CC2C(C1)C1CC2C2C3CCC(C3)C12.CCC.CCO. The Morgan fingerprint density at radius 1 is 0.714 bits per heavy atom. The van der Waals surface area contributed by atoms with Crippen molar-refractivity contribution < 1.29 is 5.11 Å². The van der Waals surface area contributed by atoms with Gasteiger partial charge in [0.25, 0.3) is 0 Å². The molecule has 4 bridgehead atoms. The first kappa shape index (κ1) is 15.8. The molecule has 5 saturated carbocycles. The molecular formula is C20H36O. The lowest BCUT2D eigenvalue weighted by Gasteiger charge is -2.40. The lowest BCUT2D eigenvalue weighted by Crippen LogP contribution is -2.35. The van der Waals surface area contributed by atoms with E-state index < -0.39 is 0 Å². The second-order valence-corrected chi connectivity index (χ2v) is 8.33. The molecule has 0 amide bonds. The van der Waals surface area contributed by atoms with Gasteiger partial charge >= 0.3 is 0 Å². The van der Waals surface area contributed by atoms with Gasteiger partial charge in [0.15, 0.2) is 0 Å². The molecule has 0 aromatic carbocycles. The molecule has 8 atom stereocenters. The molecule has 0 heterocycles. The van der Waals surface area contributed by atoms with E-state index in [1.807, 2.05) is 0 Å². The smallest absolute Gasteiger partial charge is 0.0402 e. The van der Waals surface area contributed by atoms with Gasteiger partial charge in [-0.05, 0) is 92.8 Å². The predicted molar refractivity (Wildman–Crippen MR) is 89.0 cm³/mol. The van der Waals surface area contributed by atoms with E-state index >= 15 is 0 Å². The van der Waals surface area contributed by atoms with Crippen LogP contribution in [0.2, 0.25) is 0 Å². The summed E-state index contributed by atoms with van der Waals surface area (Å²) in [5.41, 5.74) is 0. The highest BCUT2D eigenvalue weighted by Crippen LogP contribution is 2.72. The summed E-state index contributed by atoms with van der Waals surface area (Å²) in [6.07, 6.45) is 12.6. The molecule has 0 spiro atoms. The zero-order chi connectivity index (χ0) is 15.0. The van der Waals surface area contributed by atoms with E-state index in [0.717, 1.165) is 0 Å². The van der Waals surface area contributed by atoms with Crippen molar-refractivity contribution in [1.82, 2.24) is 0 Å². The van der Waals surface area contributed by atoms with E-state index in [0.29, 0.717) is 0 Å². The summed E-state index contributed by atoms with van der Waals surface area (Å²) in [7, 11) is 0. The van der Waals surface area contributed by atoms with Gasteiger partial charge in [-0.1, -0.05) is 26.7 Å². The standard InChI is InChI=1S/C15H22.C3H8.C2H6O/c1-2-10-11(3-1)13-7-12(10)14-8-4-5-9(6-8)15(13)14;1-3-2;1-2-3/h8-15H,1-7H2;3H2,1-2H3;3H,2H2,1H3. The van der Waals surface area contributed by atoms with Crippen LogP contribution >= 0.6 is 0 Å². The summed E-state index contributed by atoms with van der Waals surface area (Å²) in [5, 5.41) is 7.57. The molecule has 0 aromatic rings. The number of hydrogen-bond donors (Lipinski definition) is 1. The van der Waals surface area contributed by atoms with E-state index in [9.17, 15) is 0 Å². The van der Waals surface area contributed by atoms with Gasteiger partial charge in [-0.2, -0.15) is 0 Å². The van der Waals surface area contributed by atoms with Crippen molar-refractivity contribution in [2.75, 3.05) is 6.61 Å². The molecule has 0 saturated heterocycles. The molecule has 1 N–H and O–H groups in total. The van der Waals surface area contributed by atoms with Crippen LogP contribution in [0.5, 0.6) is 0 Å². The van der Waals surface area contributed by atoms with Crippen molar-refractivity contribution in [3.8, 4) is 0 Å². The molecule has 5 fully saturated rings. The largest absolute Gasteiger partial charge is 0.397 e. The Balaban J connectivity index is 0.000000195. The Morgan fingerprint density at radius 3 is 1.57 bits per heavy atom. The summed E-state index contributed by atoms with van der Waals surface area (Å²) >= 11 is 0. The van der Waals surface area contributed by atoms with Gasteiger partial charge in [0.05, 0.1) is 0 Å². The maximum atomic E-state index is 7.57. The fraction of sp³-hybridized carbons (Fsp3) is 1.00. The summed E-state index contributed by atoms with van der Waals surface area (Å²) in [6, 6.07) is 0. The minimum absolute atomic E-state index is 0.250. The Hall–Kier alpha value is -0.0400. The topological polar surface area (TPSA) is 20.2 Å². The van der Waals surface area contributed by atoms with E-state index in [1.165, 1.54) is 53.8 Å². The third kappa shape index (κ3) is 2.48. The fourth-order valence-corrected chi connectivity index (χ4v) is 7.28. The molecule has 0 aliphatic heterocycles. The van der Waals surface area contributed by atoms with Gasteiger partial charge in [-0.25, -0.2) is 0 Å². The monoisotopic (exact) mass is 292 g/mol. The van der Waals surface area contributed by atoms with Crippen molar-refractivity contribution in [1.29, 1.82) is 0 Å². The average Bonchev–Trinajstić information content (AvgIpc) is 3.24. The normalized spacial score (nSPS) is 50.9. The molecule has 0 aromatic heterocycles. The van der Waals surface area contributed by atoms with Gasteiger partial charge in [0.2, 0.25) is 0 Å². The predicted octanol–water partition coefficient (Wildman–Crippen LogP) is 5.13. The van der Waals surface area contributed by atoms with Gasteiger partial charge in [-0.15, -0.1) is 0 Å². The van der Waals surface area contributed by atoms with Crippen molar-refractivity contribution in [3.63, 3.8) is 0 Å². The van der Waals surface area contributed by atoms with E-state index in [-0.39, 0.29) is 6.61 Å². The maximum Gasteiger partial charge on any atom is 0.0402 e. The molecule has 5 aliphatic rings. The first-order valence-corrected chi connectivity index (χ1v) is 9.87. The van der Waals surface area contributed by atoms with Crippen molar-refractivity contribution in [2.24, 2.45) is 47.3 Å². The Kier molecular flexibility index (Phi) is 4.98. The van der Waals surface area contributed by atoms with Crippen molar-refractivity contribution >= 4 is 0 Å². The highest BCUT2D eigenvalue weighted by molar-refractivity contribution is 5.14. The summed E-state index contributed by atoms with van der Waals surface area (Å²) < 4.78 is 0. The molecule has 5 rings (SSSR count). The Labute approximate surface area is 131 Å². The minimum atomic E-state index is 0.250. The summed E-state index contributed by atoms with van der Waals surface area (Å²) in [4.78, 5) is 0. The summed E-state index contributed by atoms with van der Waals surface area (Å²) in [6.45, 7) is 6.18. The highest BCUT2D eigenvalue weighted by atomic mass is 16.2. The highest BCUT2D eigenvalue weighted by Gasteiger charge is 2.65. The molecular weight excluding hydrogens is 256 g/mol. The van der Waals surface area contributed by atoms with Gasteiger partial charge in [0, 0.05) is 6.61 Å². The van der Waals surface area contributed by atoms with E-state index in [1.54, 1.807) is 51.9 Å². The lowest BCUT2D eigenvalue weighted by molar-refractivity contribution is 0.0716. The first-order chi connectivity index (χ1) is 10.3. The number of aliphatic hydroxyl groups is 1. The minimum Gasteiger partial charge on any atom is -0.397 e. The molecule has 122 valence electrons. The number of fused-ring (bicyclic) bond motifs is 12. The summed E-state index contributed by atoms with van der Waals surface area (Å²) in [5.74, 6) is 9.78.